The standard InChI is InChI=1S/C23H22N2O3S2/c1-15(26)20(10-12-29-2)25-22(28)18-9-8-17(21(27)23-24-11-13-30-23)14-19(18)16-6-4-3-5-7-16/h3-9,11,13-14,20H,10,12H2,1-2H3,(H,25,28). The Kier molecular flexibility index (Phi) is 7.54. The van der Waals surface area contributed by atoms with Crippen molar-refractivity contribution in [3.8, 4) is 11.1 Å². The summed E-state index contributed by atoms with van der Waals surface area (Å²) in [6.07, 6.45) is 4.13. The Bertz CT molecular complexity index is 1030. The van der Waals surface area contributed by atoms with Crippen molar-refractivity contribution >= 4 is 40.6 Å². The molecule has 0 saturated heterocycles. The number of Topliss-reactive ketones (excluding diaryl/α,β-unsaturated/α-hetero) is 1. The smallest absolute Gasteiger partial charge is 0.252 e. The molecule has 0 aliphatic rings. The fourth-order valence-electron chi connectivity index (χ4n) is 3.05. The number of thioether (sulfide) groups is 1. The zero-order valence-corrected chi connectivity index (χ0v) is 18.4. The van der Waals surface area contributed by atoms with Gasteiger partial charge in [-0.05, 0) is 48.6 Å². The van der Waals surface area contributed by atoms with Gasteiger partial charge < -0.3 is 5.32 Å². The molecule has 3 rings (SSSR count). The molecular weight excluding hydrogens is 416 g/mol. The van der Waals surface area contributed by atoms with Crippen molar-refractivity contribution in [1.82, 2.24) is 10.3 Å². The van der Waals surface area contributed by atoms with Crippen LogP contribution in [0.3, 0.4) is 0 Å². The number of benzene rings is 2. The summed E-state index contributed by atoms with van der Waals surface area (Å²) in [5.74, 6) is 0.186. The van der Waals surface area contributed by atoms with Gasteiger partial charge in [0.1, 0.15) is 0 Å². The van der Waals surface area contributed by atoms with Crippen LogP contribution in [0.25, 0.3) is 11.1 Å². The van der Waals surface area contributed by atoms with Crippen LogP contribution in [-0.2, 0) is 4.79 Å². The second-order valence-corrected chi connectivity index (χ2v) is 8.59. The number of nitrogens with zero attached hydrogens (tertiary/aromatic N) is 1. The van der Waals surface area contributed by atoms with Gasteiger partial charge in [-0.3, -0.25) is 14.4 Å². The average Bonchev–Trinajstić information content (AvgIpc) is 3.31. The van der Waals surface area contributed by atoms with Gasteiger partial charge in [-0.2, -0.15) is 11.8 Å². The molecule has 1 amide bonds. The first-order valence-electron chi connectivity index (χ1n) is 9.45. The minimum absolute atomic E-state index is 0.0748. The van der Waals surface area contributed by atoms with Crippen molar-refractivity contribution in [2.45, 2.75) is 19.4 Å². The molecule has 0 fully saturated rings. The van der Waals surface area contributed by atoms with Gasteiger partial charge in [-0.25, -0.2) is 4.98 Å². The normalized spacial score (nSPS) is 11.7. The Morgan fingerprint density at radius 3 is 2.53 bits per heavy atom. The van der Waals surface area contributed by atoms with Gasteiger partial charge in [-0.15, -0.1) is 11.3 Å². The van der Waals surface area contributed by atoms with Crippen LogP contribution in [0.4, 0.5) is 0 Å². The van der Waals surface area contributed by atoms with Crippen molar-refractivity contribution in [3.05, 3.63) is 76.2 Å². The highest BCUT2D eigenvalue weighted by Crippen LogP contribution is 2.27. The maximum atomic E-state index is 13.1. The van der Waals surface area contributed by atoms with E-state index in [2.05, 4.69) is 10.3 Å². The maximum absolute atomic E-state index is 13.1. The summed E-state index contributed by atoms with van der Waals surface area (Å²) in [6, 6.07) is 13.9. The van der Waals surface area contributed by atoms with E-state index in [-0.39, 0.29) is 17.5 Å². The number of hydrogen-bond donors (Lipinski definition) is 1. The number of aromatic nitrogens is 1. The molecular formula is C23H22N2O3S2. The minimum atomic E-state index is -0.537. The number of rotatable bonds is 9. The lowest BCUT2D eigenvalue weighted by molar-refractivity contribution is -0.118. The molecule has 1 aromatic heterocycles. The highest BCUT2D eigenvalue weighted by Gasteiger charge is 2.22. The van der Waals surface area contributed by atoms with Gasteiger partial charge in [-0.1, -0.05) is 36.4 Å². The van der Waals surface area contributed by atoms with Crippen molar-refractivity contribution < 1.29 is 14.4 Å². The fraction of sp³-hybridized carbons (Fsp3) is 0.217. The third-order valence-electron chi connectivity index (χ3n) is 4.64. The third kappa shape index (κ3) is 5.23. The van der Waals surface area contributed by atoms with E-state index in [0.29, 0.717) is 28.1 Å². The summed E-state index contributed by atoms with van der Waals surface area (Å²) in [6.45, 7) is 1.49. The highest BCUT2D eigenvalue weighted by molar-refractivity contribution is 7.98. The van der Waals surface area contributed by atoms with Gasteiger partial charge >= 0.3 is 0 Å². The Morgan fingerprint density at radius 1 is 1.13 bits per heavy atom. The summed E-state index contributed by atoms with van der Waals surface area (Å²) >= 11 is 2.91. The molecule has 1 unspecified atom stereocenters. The number of hydrogen-bond acceptors (Lipinski definition) is 6. The number of nitrogens with one attached hydrogen (secondary N) is 1. The van der Waals surface area contributed by atoms with E-state index >= 15 is 0 Å². The van der Waals surface area contributed by atoms with E-state index in [1.54, 1.807) is 41.5 Å². The molecule has 1 N–H and O–H groups in total. The molecule has 0 bridgehead atoms. The summed E-state index contributed by atoms with van der Waals surface area (Å²) < 4.78 is 0. The topological polar surface area (TPSA) is 76.1 Å². The minimum Gasteiger partial charge on any atom is -0.342 e. The van der Waals surface area contributed by atoms with E-state index in [1.807, 2.05) is 36.6 Å². The molecule has 0 aliphatic carbocycles. The van der Waals surface area contributed by atoms with Crippen LogP contribution in [0, 0.1) is 0 Å². The molecule has 1 atom stereocenters. The molecule has 3 aromatic rings. The third-order valence-corrected chi connectivity index (χ3v) is 6.06. The lowest BCUT2D eigenvalue weighted by Crippen LogP contribution is -2.40. The Morgan fingerprint density at radius 2 is 1.90 bits per heavy atom. The maximum Gasteiger partial charge on any atom is 0.252 e. The zero-order valence-electron chi connectivity index (χ0n) is 16.8. The molecule has 0 aliphatic heterocycles. The van der Waals surface area contributed by atoms with Crippen molar-refractivity contribution in [1.29, 1.82) is 0 Å². The van der Waals surface area contributed by atoms with E-state index < -0.39 is 6.04 Å². The second kappa shape index (κ2) is 10.3. The Balaban J connectivity index is 1.98. The number of carbonyl (C=O) groups excluding carboxylic acids is 3. The summed E-state index contributed by atoms with van der Waals surface area (Å²) in [5, 5.41) is 5.01. The van der Waals surface area contributed by atoms with Crippen LogP contribution < -0.4 is 5.32 Å². The van der Waals surface area contributed by atoms with Gasteiger partial charge in [0.05, 0.1) is 6.04 Å². The molecule has 1 heterocycles. The lowest BCUT2D eigenvalue weighted by Gasteiger charge is -2.17. The van der Waals surface area contributed by atoms with Crippen molar-refractivity contribution in [2.75, 3.05) is 12.0 Å². The van der Waals surface area contributed by atoms with Crippen LogP contribution in [0.15, 0.2) is 60.1 Å². The van der Waals surface area contributed by atoms with Crippen molar-refractivity contribution in [3.63, 3.8) is 0 Å². The summed E-state index contributed by atoms with van der Waals surface area (Å²) in [5.41, 5.74) is 2.35. The SMILES string of the molecule is CSCCC(NC(=O)c1ccc(C(=O)c2nccs2)cc1-c1ccccc1)C(C)=O. The van der Waals surface area contributed by atoms with Crippen LogP contribution in [0.1, 0.15) is 39.1 Å². The van der Waals surface area contributed by atoms with E-state index in [4.69, 9.17) is 0 Å². The van der Waals surface area contributed by atoms with E-state index in [1.165, 1.54) is 18.3 Å². The zero-order chi connectivity index (χ0) is 21.5. The quantitative estimate of drug-likeness (QED) is 0.499. The van der Waals surface area contributed by atoms with Gasteiger partial charge in [0.25, 0.3) is 5.91 Å². The Labute approximate surface area is 183 Å². The number of amides is 1. The number of thiazole rings is 1. The first-order chi connectivity index (χ1) is 14.5. The lowest BCUT2D eigenvalue weighted by atomic mass is 9.95. The van der Waals surface area contributed by atoms with E-state index in [9.17, 15) is 14.4 Å². The van der Waals surface area contributed by atoms with Gasteiger partial charge in [0.2, 0.25) is 5.78 Å². The molecule has 30 heavy (non-hydrogen) atoms. The average molecular weight is 439 g/mol. The first-order valence-corrected chi connectivity index (χ1v) is 11.7. The molecule has 0 radical (unpaired) electrons. The monoisotopic (exact) mass is 438 g/mol. The number of carbonyl (C=O) groups is 3. The number of ketones is 2. The predicted octanol–water partition coefficient (Wildman–Crippen LogP) is 4.48. The largest absolute Gasteiger partial charge is 0.342 e. The Hall–Kier alpha value is -2.77. The molecule has 5 nitrogen and oxygen atoms in total. The molecule has 7 heteroatoms. The van der Waals surface area contributed by atoms with Gasteiger partial charge in [0.15, 0.2) is 10.8 Å². The first kappa shape index (κ1) is 21.9. The van der Waals surface area contributed by atoms with Crippen LogP contribution in [0.2, 0.25) is 0 Å². The van der Waals surface area contributed by atoms with Crippen LogP contribution >= 0.6 is 23.1 Å². The van der Waals surface area contributed by atoms with Crippen molar-refractivity contribution in [2.24, 2.45) is 0 Å². The predicted molar refractivity (Wildman–Crippen MR) is 122 cm³/mol. The molecule has 154 valence electrons. The fourth-order valence-corrected chi connectivity index (χ4v) is 4.12. The van der Waals surface area contributed by atoms with Crippen LogP contribution in [0.5, 0.6) is 0 Å². The molecule has 2 aromatic carbocycles. The second-order valence-electron chi connectivity index (χ2n) is 6.71. The summed E-state index contributed by atoms with van der Waals surface area (Å²) in [4.78, 5) is 41.9. The highest BCUT2D eigenvalue weighted by atomic mass is 32.2. The van der Waals surface area contributed by atoms with Crippen LogP contribution in [-0.4, -0.2) is 40.5 Å². The molecule has 0 saturated carbocycles. The van der Waals surface area contributed by atoms with Gasteiger partial charge in [0, 0.05) is 22.7 Å². The molecule has 0 spiro atoms. The summed E-state index contributed by atoms with van der Waals surface area (Å²) in [7, 11) is 0. The van der Waals surface area contributed by atoms with E-state index in [0.717, 1.165) is 11.3 Å².